The molecule has 1 aliphatic heterocycles. The van der Waals surface area contributed by atoms with Crippen molar-refractivity contribution < 1.29 is 0 Å². The van der Waals surface area contributed by atoms with E-state index in [0.717, 1.165) is 35.0 Å². The third-order valence-corrected chi connectivity index (χ3v) is 4.39. The van der Waals surface area contributed by atoms with Crippen LogP contribution in [0.25, 0.3) is 10.9 Å². The largest absolute Gasteiger partial charge is 0.353 e. The van der Waals surface area contributed by atoms with E-state index in [1.165, 1.54) is 19.5 Å². The molecule has 2 atom stereocenters. The van der Waals surface area contributed by atoms with Crippen LogP contribution in [-0.4, -0.2) is 28.0 Å². The van der Waals surface area contributed by atoms with E-state index >= 15 is 0 Å². The second-order valence-corrected chi connectivity index (χ2v) is 5.83. The number of hydrogen-bond donors (Lipinski definition) is 2. The first-order valence-corrected chi connectivity index (χ1v) is 6.63. The number of hydrogen-bond acceptors (Lipinski definition) is 2. The molecule has 2 aromatic rings. The van der Waals surface area contributed by atoms with Crippen molar-refractivity contribution in [1.29, 1.82) is 0 Å². The second-order valence-electron chi connectivity index (χ2n) is 5.83. The Labute approximate surface area is 105 Å². The van der Waals surface area contributed by atoms with Gasteiger partial charge in [-0.05, 0) is 36.8 Å². The highest BCUT2D eigenvalue weighted by atomic mass is 16.1. The van der Waals surface area contributed by atoms with E-state index in [0.29, 0.717) is 5.52 Å². The highest BCUT2D eigenvalue weighted by molar-refractivity contribution is 5.82. The van der Waals surface area contributed by atoms with Crippen LogP contribution in [0.3, 0.4) is 0 Å². The van der Waals surface area contributed by atoms with Crippen LogP contribution in [0.1, 0.15) is 17.7 Å². The lowest BCUT2D eigenvalue weighted by atomic mass is 10.2. The van der Waals surface area contributed by atoms with Crippen molar-refractivity contribution in [2.75, 3.05) is 13.1 Å². The molecule has 1 saturated carbocycles. The molecule has 0 amide bonds. The van der Waals surface area contributed by atoms with Crippen molar-refractivity contribution in [2.45, 2.75) is 19.9 Å². The highest BCUT2D eigenvalue weighted by Gasteiger charge is 2.44. The van der Waals surface area contributed by atoms with Gasteiger partial charge in [-0.25, -0.2) is 0 Å². The zero-order valence-electron chi connectivity index (χ0n) is 10.5. The maximum Gasteiger partial charge on any atom is 0.272 e. The van der Waals surface area contributed by atoms with Crippen molar-refractivity contribution in [2.24, 2.45) is 11.8 Å². The van der Waals surface area contributed by atoms with Gasteiger partial charge in [0.05, 0.1) is 0 Å². The molecule has 3 heterocycles. The van der Waals surface area contributed by atoms with E-state index in [9.17, 15) is 4.79 Å². The summed E-state index contributed by atoms with van der Waals surface area (Å²) in [6, 6.07) is 2.13. The maximum atomic E-state index is 11.7. The minimum Gasteiger partial charge on any atom is -0.353 e. The highest BCUT2D eigenvalue weighted by Crippen LogP contribution is 2.45. The first-order valence-electron chi connectivity index (χ1n) is 6.63. The van der Waals surface area contributed by atoms with Gasteiger partial charge < -0.3 is 9.97 Å². The lowest BCUT2D eigenvalue weighted by Gasteiger charge is -2.15. The van der Waals surface area contributed by atoms with Gasteiger partial charge in [0.25, 0.3) is 5.56 Å². The zero-order valence-corrected chi connectivity index (χ0v) is 10.5. The fourth-order valence-corrected chi connectivity index (χ4v) is 3.27. The molecule has 2 aromatic heterocycles. The molecule has 1 saturated heterocycles. The Morgan fingerprint density at radius 2 is 2.17 bits per heavy atom. The van der Waals surface area contributed by atoms with Crippen LogP contribution in [-0.2, 0) is 6.54 Å². The SMILES string of the molecule is Cc1c[nH]c(=O)c2[nH]c(CN3CC4CC4C3)cc12. The Kier molecular flexibility index (Phi) is 2.01. The number of pyridine rings is 1. The summed E-state index contributed by atoms with van der Waals surface area (Å²) in [7, 11) is 0. The summed E-state index contributed by atoms with van der Waals surface area (Å²) in [4.78, 5) is 20.3. The maximum absolute atomic E-state index is 11.7. The van der Waals surface area contributed by atoms with E-state index < -0.39 is 0 Å². The third-order valence-electron chi connectivity index (χ3n) is 4.39. The van der Waals surface area contributed by atoms with Gasteiger partial charge in [-0.2, -0.15) is 0 Å². The van der Waals surface area contributed by atoms with Gasteiger partial charge in [-0.1, -0.05) is 0 Å². The number of nitrogens with zero attached hydrogens (tertiary/aromatic N) is 1. The predicted molar refractivity (Wildman–Crippen MR) is 70.5 cm³/mol. The van der Waals surface area contributed by atoms with Gasteiger partial charge in [-0.3, -0.25) is 9.69 Å². The van der Waals surface area contributed by atoms with Crippen molar-refractivity contribution >= 4 is 10.9 Å². The van der Waals surface area contributed by atoms with Crippen molar-refractivity contribution in [3.63, 3.8) is 0 Å². The quantitative estimate of drug-likeness (QED) is 0.842. The van der Waals surface area contributed by atoms with Crippen molar-refractivity contribution in [1.82, 2.24) is 14.9 Å². The number of H-pyrrole nitrogens is 2. The summed E-state index contributed by atoms with van der Waals surface area (Å²) in [6.45, 7) is 5.44. The molecule has 0 radical (unpaired) electrons. The summed E-state index contributed by atoms with van der Waals surface area (Å²) in [5.74, 6) is 1.92. The van der Waals surface area contributed by atoms with E-state index in [2.05, 4.69) is 20.9 Å². The Hall–Kier alpha value is -1.55. The number of aromatic amines is 2. The van der Waals surface area contributed by atoms with Crippen LogP contribution in [0.5, 0.6) is 0 Å². The van der Waals surface area contributed by atoms with Crippen molar-refractivity contribution in [3.05, 3.63) is 33.9 Å². The molecule has 2 aliphatic rings. The number of piperidine rings is 1. The summed E-state index contributed by atoms with van der Waals surface area (Å²) in [5.41, 5.74) is 2.97. The standard InChI is InChI=1S/C14H17N3O/c1-8-4-15-14(18)13-12(8)3-11(16-13)7-17-5-9-2-10(9)6-17/h3-4,9-10,16H,2,5-7H2,1H3,(H,15,18). The molecule has 0 spiro atoms. The molecule has 2 fully saturated rings. The first-order chi connectivity index (χ1) is 8.70. The van der Waals surface area contributed by atoms with Gasteiger partial charge in [0.1, 0.15) is 5.52 Å². The fourth-order valence-electron chi connectivity index (χ4n) is 3.27. The Morgan fingerprint density at radius 3 is 2.89 bits per heavy atom. The number of aryl methyl sites for hydroxylation is 1. The molecule has 0 bridgehead atoms. The van der Waals surface area contributed by atoms with Crippen LogP contribution < -0.4 is 5.56 Å². The summed E-state index contributed by atoms with van der Waals surface area (Å²) in [5, 5.41) is 1.05. The Balaban J connectivity index is 1.67. The minimum atomic E-state index is -0.0221. The van der Waals surface area contributed by atoms with E-state index in [1.807, 2.05) is 6.92 Å². The van der Waals surface area contributed by atoms with Crippen molar-refractivity contribution in [3.8, 4) is 0 Å². The number of aromatic nitrogens is 2. The first kappa shape index (κ1) is 10.4. The summed E-state index contributed by atoms with van der Waals surface area (Å²) >= 11 is 0. The lowest BCUT2D eigenvalue weighted by Crippen LogP contribution is -2.22. The molecule has 94 valence electrons. The smallest absolute Gasteiger partial charge is 0.272 e. The minimum absolute atomic E-state index is 0.0221. The molecule has 4 heteroatoms. The number of rotatable bonds is 2. The van der Waals surface area contributed by atoms with Gasteiger partial charge >= 0.3 is 0 Å². The zero-order chi connectivity index (χ0) is 12.3. The Bertz CT molecular complexity index is 659. The predicted octanol–water partition coefficient (Wildman–Crippen LogP) is 1.62. The molecule has 2 N–H and O–H groups in total. The molecule has 4 nitrogen and oxygen atoms in total. The fraction of sp³-hybridized carbons (Fsp3) is 0.500. The summed E-state index contributed by atoms with van der Waals surface area (Å²) < 4.78 is 0. The topological polar surface area (TPSA) is 51.9 Å². The van der Waals surface area contributed by atoms with Gasteiger partial charge in [0.15, 0.2) is 0 Å². The van der Waals surface area contributed by atoms with E-state index in [-0.39, 0.29) is 5.56 Å². The molecule has 4 rings (SSSR count). The lowest BCUT2D eigenvalue weighted by molar-refractivity contribution is 0.294. The van der Waals surface area contributed by atoms with E-state index in [4.69, 9.17) is 0 Å². The van der Waals surface area contributed by atoms with Gasteiger partial charge in [0, 0.05) is 36.9 Å². The normalized spacial score (nSPS) is 26.7. The average molecular weight is 243 g/mol. The van der Waals surface area contributed by atoms with Gasteiger partial charge in [-0.15, -0.1) is 0 Å². The van der Waals surface area contributed by atoms with Crippen LogP contribution >= 0.6 is 0 Å². The number of fused-ring (bicyclic) bond motifs is 2. The molecule has 1 aliphatic carbocycles. The summed E-state index contributed by atoms with van der Waals surface area (Å²) in [6.07, 6.45) is 3.22. The Morgan fingerprint density at radius 1 is 1.39 bits per heavy atom. The molecular formula is C14H17N3O. The molecular weight excluding hydrogens is 226 g/mol. The molecule has 2 unspecified atom stereocenters. The van der Waals surface area contributed by atoms with Gasteiger partial charge in [0.2, 0.25) is 0 Å². The molecule has 0 aromatic carbocycles. The third kappa shape index (κ3) is 1.52. The van der Waals surface area contributed by atoms with Crippen LogP contribution in [0.2, 0.25) is 0 Å². The second kappa shape index (κ2) is 3.48. The monoisotopic (exact) mass is 243 g/mol. The number of nitrogens with one attached hydrogen (secondary N) is 2. The molecule has 18 heavy (non-hydrogen) atoms. The van der Waals surface area contributed by atoms with Crippen LogP contribution in [0.15, 0.2) is 17.1 Å². The average Bonchev–Trinajstić information content (AvgIpc) is 2.77. The van der Waals surface area contributed by atoms with Crippen LogP contribution in [0, 0.1) is 18.8 Å². The number of likely N-dealkylation sites (tertiary alicyclic amines) is 1. The van der Waals surface area contributed by atoms with E-state index in [1.54, 1.807) is 6.20 Å². The van der Waals surface area contributed by atoms with Crippen LogP contribution in [0.4, 0.5) is 0 Å².